The predicted octanol–water partition coefficient (Wildman–Crippen LogP) is 4.63. The molecule has 8 heteroatoms. The number of aromatic nitrogens is 1. The highest BCUT2D eigenvalue weighted by Crippen LogP contribution is 2.28. The first-order valence-corrected chi connectivity index (χ1v) is 12.3. The molecule has 0 aliphatic carbocycles. The molecule has 1 aromatic heterocycles. The fourth-order valence-corrected chi connectivity index (χ4v) is 5.79. The number of nitrogens with one attached hydrogen (secondary N) is 1. The molecule has 0 unspecified atom stereocenters. The Morgan fingerprint density at radius 2 is 1.72 bits per heavy atom. The molecule has 0 amide bonds. The topological polar surface area (TPSA) is 68.2 Å². The number of nitrogens with zero attached hydrogens (tertiary/aromatic N) is 1. The van der Waals surface area contributed by atoms with Gasteiger partial charge in [-0.15, -0.1) is 11.8 Å². The van der Waals surface area contributed by atoms with Crippen LogP contribution in [0.25, 0.3) is 10.2 Å². The SMILES string of the molecule is CSc1ccccc1NS(=O)(=O)c1ccc2c(c1)sc(=O)n2Cc1ccccc1. The first-order valence-electron chi connectivity index (χ1n) is 8.81. The van der Waals surface area contributed by atoms with E-state index >= 15 is 0 Å². The van der Waals surface area contributed by atoms with E-state index in [-0.39, 0.29) is 9.77 Å². The second-order valence-electron chi connectivity index (χ2n) is 6.38. The Balaban J connectivity index is 1.70. The Labute approximate surface area is 177 Å². The van der Waals surface area contributed by atoms with Crippen LogP contribution in [-0.4, -0.2) is 19.2 Å². The minimum absolute atomic E-state index is 0.112. The van der Waals surface area contributed by atoms with Crippen LogP contribution in [0.5, 0.6) is 0 Å². The zero-order valence-corrected chi connectivity index (χ0v) is 18.0. The van der Waals surface area contributed by atoms with Crippen molar-refractivity contribution < 1.29 is 8.42 Å². The Bertz CT molecular complexity index is 1330. The van der Waals surface area contributed by atoms with Gasteiger partial charge in [0, 0.05) is 4.90 Å². The van der Waals surface area contributed by atoms with Gasteiger partial charge in [0.25, 0.3) is 10.0 Å². The third-order valence-corrected chi connectivity index (χ3v) is 7.59. The molecule has 0 atom stereocenters. The van der Waals surface area contributed by atoms with Gasteiger partial charge in [-0.2, -0.15) is 0 Å². The first-order chi connectivity index (χ1) is 14.0. The summed E-state index contributed by atoms with van der Waals surface area (Å²) in [6, 6.07) is 21.8. The minimum atomic E-state index is -3.77. The largest absolute Gasteiger partial charge is 0.308 e. The van der Waals surface area contributed by atoms with E-state index in [1.165, 1.54) is 11.8 Å². The Morgan fingerprint density at radius 3 is 2.48 bits per heavy atom. The lowest BCUT2D eigenvalue weighted by atomic mass is 10.2. The van der Waals surface area contributed by atoms with Gasteiger partial charge >= 0.3 is 4.87 Å². The molecular formula is C21H18N2O3S3. The fourth-order valence-electron chi connectivity index (χ4n) is 3.06. The van der Waals surface area contributed by atoms with Gasteiger partial charge in [0.1, 0.15) is 0 Å². The van der Waals surface area contributed by atoms with Gasteiger partial charge in [-0.1, -0.05) is 53.8 Å². The molecule has 3 aromatic carbocycles. The summed E-state index contributed by atoms with van der Waals surface area (Å²) in [6.45, 7) is 0.450. The molecule has 0 fully saturated rings. The van der Waals surface area contributed by atoms with E-state index in [1.807, 2.05) is 48.7 Å². The maximum atomic E-state index is 12.9. The molecule has 0 aliphatic rings. The average molecular weight is 443 g/mol. The summed E-state index contributed by atoms with van der Waals surface area (Å²) < 4.78 is 30.8. The molecule has 4 rings (SSSR count). The average Bonchev–Trinajstić information content (AvgIpc) is 3.03. The maximum Gasteiger partial charge on any atom is 0.308 e. The van der Waals surface area contributed by atoms with Crippen molar-refractivity contribution in [2.75, 3.05) is 11.0 Å². The van der Waals surface area contributed by atoms with Crippen LogP contribution in [-0.2, 0) is 16.6 Å². The molecule has 0 bridgehead atoms. The van der Waals surface area contributed by atoms with Crippen molar-refractivity contribution in [3.8, 4) is 0 Å². The van der Waals surface area contributed by atoms with Crippen molar-refractivity contribution in [3.63, 3.8) is 0 Å². The number of thioether (sulfide) groups is 1. The van der Waals surface area contributed by atoms with Crippen LogP contribution in [0, 0.1) is 0 Å². The van der Waals surface area contributed by atoms with Crippen molar-refractivity contribution in [1.29, 1.82) is 0 Å². The summed E-state index contributed by atoms with van der Waals surface area (Å²) >= 11 is 2.52. The third-order valence-electron chi connectivity index (χ3n) is 4.48. The predicted molar refractivity (Wildman–Crippen MR) is 121 cm³/mol. The second kappa shape index (κ2) is 8.06. The summed E-state index contributed by atoms with van der Waals surface area (Å²) in [5.41, 5.74) is 2.28. The number of benzene rings is 3. The zero-order valence-electron chi connectivity index (χ0n) is 15.5. The highest BCUT2D eigenvalue weighted by atomic mass is 32.2. The normalized spacial score (nSPS) is 11.6. The molecule has 0 radical (unpaired) electrons. The minimum Gasteiger partial charge on any atom is -0.294 e. The summed E-state index contributed by atoms with van der Waals surface area (Å²) in [5.74, 6) is 0. The lowest BCUT2D eigenvalue weighted by Crippen LogP contribution is -2.14. The van der Waals surface area contributed by atoms with Crippen LogP contribution in [0.4, 0.5) is 5.69 Å². The van der Waals surface area contributed by atoms with Gasteiger partial charge in [0.15, 0.2) is 0 Å². The number of rotatable bonds is 6. The monoisotopic (exact) mass is 442 g/mol. The van der Waals surface area contributed by atoms with Crippen LogP contribution in [0.15, 0.2) is 87.4 Å². The van der Waals surface area contributed by atoms with Crippen molar-refractivity contribution >= 4 is 49.0 Å². The molecule has 148 valence electrons. The van der Waals surface area contributed by atoms with Gasteiger partial charge in [-0.05, 0) is 42.2 Å². The molecule has 5 nitrogen and oxygen atoms in total. The van der Waals surface area contributed by atoms with Gasteiger partial charge in [-0.3, -0.25) is 14.1 Å². The van der Waals surface area contributed by atoms with E-state index in [4.69, 9.17) is 0 Å². The highest BCUT2D eigenvalue weighted by Gasteiger charge is 2.18. The van der Waals surface area contributed by atoms with Gasteiger partial charge in [0.2, 0.25) is 0 Å². The quantitative estimate of drug-likeness (QED) is 0.442. The van der Waals surface area contributed by atoms with Gasteiger partial charge in [0.05, 0.1) is 27.3 Å². The number of para-hydroxylation sites is 1. The third kappa shape index (κ3) is 4.10. The number of hydrogen-bond donors (Lipinski definition) is 1. The van der Waals surface area contributed by atoms with E-state index in [0.29, 0.717) is 16.9 Å². The van der Waals surface area contributed by atoms with Crippen LogP contribution in [0.1, 0.15) is 5.56 Å². The molecule has 0 saturated heterocycles. The van der Waals surface area contributed by atoms with Gasteiger partial charge in [-0.25, -0.2) is 8.42 Å². The number of thiazole rings is 1. The van der Waals surface area contributed by atoms with E-state index in [2.05, 4.69) is 4.72 Å². The summed E-state index contributed by atoms with van der Waals surface area (Å²) in [4.78, 5) is 13.4. The molecular weight excluding hydrogens is 424 g/mol. The Hall–Kier alpha value is -2.55. The van der Waals surface area contributed by atoms with Crippen LogP contribution < -0.4 is 9.60 Å². The lowest BCUT2D eigenvalue weighted by Gasteiger charge is -2.11. The smallest absolute Gasteiger partial charge is 0.294 e. The molecule has 4 aromatic rings. The maximum absolute atomic E-state index is 12.9. The van der Waals surface area contributed by atoms with E-state index in [0.717, 1.165) is 27.3 Å². The van der Waals surface area contributed by atoms with E-state index in [1.54, 1.807) is 34.9 Å². The molecule has 29 heavy (non-hydrogen) atoms. The summed E-state index contributed by atoms with van der Waals surface area (Å²) in [5, 5.41) is 0. The fraction of sp³-hybridized carbons (Fsp3) is 0.0952. The number of sulfonamides is 1. The molecule has 0 spiro atoms. The van der Waals surface area contributed by atoms with Gasteiger partial charge < -0.3 is 0 Å². The van der Waals surface area contributed by atoms with Crippen molar-refractivity contribution in [2.24, 2.45) is 0 Å². The summed E-state index contributed by atoms with van der Waals surface area (Å²) in [7, 11) is -3.77. The molecule has 0 saturated carbocycles. The Kier molecular flexibility index (Phi) is 5.49. The highest BCUT2D eigenvalue weighted by molar-refractivity contribution is 7.99. The van der Waals surface area contributed by atoms with Crippen molar-refractivity contribution in [1.82, 2.24) is 4.57 Å². The van der Waals surface area contributed by atoms with Crippen LogP contribution >= 0.6 is 23.1 Å². The van der Waals surface area contributed by atoms with Crippen molar-refractivity contribution in [2.45, 2.75) is 16.3 Å². The van der Waals surface area contributed by atoms with E-state index in [9.17, 15) is 13.2 Å². The number of anilines is 1. The van der Waals surface area contributed by atoms with Crippen LogP contribution in [0.2, 0.25) is 0 Å². The second-order valence-corrected chi connectivity index (χ2v) is 9.90. The van der Waals surface area contributed by atoms with Crippen molar-refractivity contribution in [3.05, 3.63) is 88.0 Å². The number of hydrogen-bond acceptors (Lipinski definition) is 5. The first kappa shape index (κ1) is 19.8. The molecule has 1 heterocycles. The standard InChI is InChI=1S/C21H18N2O3S3/c1-27-19-10-6-5-9-17(19)22-29(25,26)16-11-12-18-20(13-16)28-21(24)23(18)14-15-7-3-2-4-8-15/h2-13,22H,14H2,1H3. The van der Waals surface area contributed by atoms with Crippen LogP contribution in [0.3, 0.4) is 0 Å². The number of fused-ring (bicyclic) bond motifs is 1. The molecule has 0 aliphatic heterocycles. The lowest BCUT2D eigenvalue weighted by molar-refractivity contribution is 0.601. The van der Waals surface area contributed by atoms with E-state index < -0.39 is 10.0 Å². The summed E-state index contributed by atoms with van der Waals surface area (Å²) in [6.07, 6.45) is 1.89. The zero-order chi connectivity index (χ0) is 20.4. The Morgan fingerprint density at radius 1 is 1.00 bits per heavy atom. The molecule has 1 N–H and O–H groups in total.